The van der Waals surface area contributed by atoms with Gasteiger partial charge in [-0.15, -0.1) is 24.8 Å². The summed E-state index contributed by atoms with van der Waals surface area (Å²) in [4.78, 5) is 17.1. The van der Waals surface area contributed by atoms with E-state index in [1.807, 2.05) is 35.2 Å². The Morgan fingerprint density at radius 1 is 1.13 bits per heavy atom. The highest BCUT2D eigenvalue weighted by Crippen LogP contribution is 2.21. The third-order valence-electron chi connectivity index (χ3n) is 4.76. The summed E-state index contributed by atoms with van der Waals surface area (Å²) in [5.74, 6) is 0.115. The van der Waals surface area contributed by atoms with Crippen molar-refractivity contribution in [1.29, 1.82) is 0 Å². The highest BCUT2D eigenvalue weighted by atomic mass is 35.5. The van der Waals surface area contributed by atoms with E-state index < -0.39 is 6.04 Å². The van der Waals surface area contributed by atoms with Gasteiger partial charge >= 0.3 is 0 Å². The fourth-order valence-corrected chi connectivity index (χ4v) is 3.55. The molecule has 2 aliphatic heterocycles. The van der Waals surface area contributed by atoms with Crippen molar-refractivity contribution in [2.45, 2.75) is 37.8 Å². The van der Waals surface area contributed by atoms with Crippen molar-refractivity contribution in [1.82, 2.24) is 9.80 Å². The van der Waals surface area contributed by atoms with Crippen LogP contribution in [0.25, 0.3) is 0 Å². The van der Waals surface area contributed by atoms with Crippen LogP contribution in [0, 0.1) is 0 Å². The van der Waals surface area contributed by atoms with Gasteiger partial charge in [-0.3, -0.25) is 9.69 Å². The van der Waals surface area contributed by atoms with Crippen LogP contribution in [-0.4, -0.2) is 54.0 Å². The summed E-state index contributed by atoms with van der Waals surface area (Å²) in [6.45, 7) is 3.90. The van der Waals surface area contributed by atoms with Crippen LogP contribution in [0.4, 0.5) is 0 Å². The molecule has 3 rings (SSSR count). The molecule has 1 amide bonds. The van der Waals surface area contributed by atoms with E-state index in [0.29, 0.717) is 12.5 Å². The number of nitrogens with two attached hydrogens (primary N) is 1. The SMILES string of the molecule is Cl.Cl.N[C@@H](Cc1ccccc1)C(=O)N1CCN2CCCCC2C1. The number of carbonyl (C=O) groups excluding carboxylic acids is 1. The van der Waals surface area contributed by atoms with Crippen molar-refractivity contribution in [3.8, 4) is 0 Å². The maximum atomic E-state index is 12.6. The van der Waals surface area contributed by atoms with Gasteiger partial charge in [0.25, 0.3) is 0 Å². The third kappa shape index (κ3) is 5.08. The van der Waals surface area contributed by atoms with Crippen molar-refractivity contribution in [2.24, 2.45) is 5.73 Å². The van der Waals surface area contributed by atoms with E-state index >= 15 is 0 Å². The van der Waals surface area contributed by atoms with Gasteiger partial charge in [0.2, 0.25) is 5.91 Å². The average molecular weight is 360 g/mol. The molecular formula is C17H27Cl2N3O. The molecule has 1 aromatic carbocycles. The zero-order valence-corrected chi connectivity index (χ0v) is 15.0. The number of halogens is 2. The molecule has 0 bridgehead atoms. The first-order valence-corrected chi connectivity index (χ1v) is 8.06. The number of piperazine rings is 1. The quantitative estimate of drug-likeness (QED) is 0.898. The van der Waals surface area contributed by atoms with Crippen LogP contribution in [-0.2, 0) is 11.2 Å². The predicted octanol–water partition coefficient (Wildman–Crippen LogP) is 2.10. The number of fused-ring (bicyclic) bond motifs is 1. The summed E-state index contributed by atoms with van der Waals surface area (Å²) in [6.07, 6.45) is 4.44. The van der Waals surface area contributed by atoms with E-state index in [2.05, 4.69) is 4.90 Å². The van der Waals surface area contributed by atoms with Crippen LogP contribution in [0.3, 0.4) is 0 Å². The lowest BCUT2D eigenvalue weighted by Gasteiger charge is -2.44. The van der Waals surface area contributed by atoms with Gasteiger partial charge in [0.15, 0.2) is 0 Å². The minimum absolute atomic E-state index is 0. The van der Waals surface area contributed by atoms with Gasteiger partial charge in [-0.05, 0) is 31.4 Å². The molecule has 2 atom stereocenters. The Kier molecular flexibility index (Phi) is 8.34. The maximum absolute atomic E-state index is 12.6. The van der Waals surface area contributed by atoms with Gasteiger partial charge in [0, 0.05) is 25.7 Å². The highest BCUT2D eigenvalue weighted by molar-refractivity contribution is 5.85. The fourth-order valence-electron chi connectivity index (χ4n) is 3.55. The third-order valence-corrected chi connectivity index (χ3v) is 4.76. The van der Waals surface area contributed by atoms with Crippen molar-refractivity contribution in [2.75, 3.05) is 26.2 Å². The summed E-state index contributed by atoms with van der Waals surface area (Å²) < 4.78 is 0. The largest absolute Gasteiger partial charge is 0.338 e. The molecule has 0 saturated carbocycles. The molecule has 1 aromatic rings. The van der Waals surface area contributed by atoms with E-state index in [-0.39, 0.29) is 30.7 Å². The van der Waals surface area contributed by atoms with E-state index in [1.165, 1.54) is 25.8 Å². The second kappa shape index (κ2) is 9.48. The van der Waals surface area contributed by atoms with Crippen LogP contribution < -0.4 is 5.73 Å². The molecule has 2 aliphatic rings. The topological polar surface area (TPSA) is 49.6 Å². The smallest absolute Gasteiger partial charge is 0.239 e. The Bertz CT molecular complexity index is 486. The van der Waals surface area contributed by atoms with Crippen LogP contribution in [0.5, 0.6) is 0 Å². The van der Waals surface area contributed by atoms with Gasteiger partial charge < -0.3 is 10.6 Å². The van der Waals surface area contributed by atoms with E-state index in [1.54, 1.807) is 0 Å². The number of hydrogen-bond donors (Lipinski definition) is 1. The van der Waals surface area contributed by atoms with Crippen molar-refractivity contribution in [3.63, 3.8) is 0 Å². The first kappa shape index (κ1) is 20.2. The highest BCUT2D eigenvalue weighted by Gasteiger charge is 2.32. The molecule has 1 unspecified atom stereocenters. The standard InChI is InChI=1S/C17H25N3O.2ClH/c18-16(12-14-6-2-1-3-7-14)17(21)20-11-10-19-9-5-4-8-15(19)13-20;;/h1-3,6-7,15-16H,4-5,8-13,18H2;2*1H/t15?,16-;;/m0../s1. The van der Waals surface area contributed by atoms with Crippen LogP contribution in [0.15, 0.2) is 30.3 Å². The number of piperidine rings is 1. The summed E-state index contributed by atoms with van der Waals surface area (Å²) in [5.41, 5.74) is 7.28. The van der Waals surface area contributed by atoms with Crippen LogP contribution in [0.2, 0.25) is 0 Å². The normalized spacial score (nSPS) is 22.3. The predicted molar refractivity (Wildman–Crippen MR) is 98.4 cm³/mol. The minimum Gasteiger partial charge on any atom is -0.338 e. The van der Waals surface area contributed by atoms with Crippen LogP contribution >= 0.6 is 24.8 Å². The lowest BCUT2D eigenvalue weighted by Crippen LogP contribution is -2.58. The Labute approximate surface area is 151 Å². The summed E-state index contributed by atoms with van der Waals surface area (Å²) >= 11 is 0. The number of rotatable bonds is 3. The Morgan fingerprint density at radius 3 is 2.61 bits per heavy atom. The maximum Gasteiger partial charge on any atom is 0.239 e. The first-order valence-electron chi connectivity index (χ1n) is 8.06. The molecule has 2 heterocycles. The number of nitrogens with zero attached hydrogens (tertiary/aromatic N) is 2. The Hall–Kier alpha value is -0.810. The van der Waals surface area contributed by atoms with Crippen molar-refractivity contribution < 1.29 is 4.79 Å². The second-order valence-corrected chi connectivity index (χ2v) is 6.27. The summed E-state index contributed by atoms with van der Waals surface area (Å²) in [6, 6.07) is 10.2. The molecule has 2 saturated heterocycles. The van der Waals surface area contributed by atoms with Gasteiger partial charge in [-0.2, -0.15) is 0 Å². The van der Waals surface area contributed by atoms with Crippen molar-refractivity contribution in [3.05, 3.63) is 35.9 Å². The summed E-state index contributed by atoms with van der Waals surface area (Å²) in [7, 11) is 0. The molecule has 0 radical (unpaired) electrons. The average Bonchev–Trinajstić information content (AvgIpc) is 2.54. The second-order valence-electron chi connectivity index (χ2n) is 6.27. The Morgan fingerprint density at radius 2 is 1.87 bits per heavy atom. The molecule has 0 aromatic heterocycles. The molecule has 4 nitrogen and oxygen atoms in total. The molecule has 130 valence electrons. The lowest BCUT2D eigenvalue weighted by molar-refractivity contribution is -0.136. The lowest BCUT2D eigenvalue weighted by atomic mass is 9.98. The van der Waals surface area contributed by atoms with Gasteiger partial charge in [0.05, 0.1) is 6.04 Å². The number of hydrogen-bond acceptors (Lipinski definition) is 3. The molecule has 23 heavy (non-hydrogen) atoms. The zero-order chi connectivity index (χ0) is 14.7. The van der Waals surface area contributed by atoms with E-state index in [4.69, 9.17) is 5.73 Å². The number of benzene rings is 1. The molecule has 6 heteroatoms. The van der Waals surface area contributed by atoms with E-state index in [0.717, 1.165) is 25.2 Å². The van der Waals surface area contributed by atoms with Gasteiger partial charge in [0.1, 0.15) is 0 Å². The molecule has 0 spiro atoms. The van der Waals surface area contributed by atoms with Gasteiger partial charge in [-0.1, -0.05) is 36.8 Å². The zero-order valence-electron chi connectivity index (χ0n) is 13.4. The van der Waals surface area contributed by atoms with Gasteiger partial charge in [-0.25, -0.2) is 0 Å². The number of amides is 1. The van der Waals surface area contributed by atoms with Crippen molar-refractivity contribution >= 4 is 30.7 Å². The minimum atomic E-state index is -0.414. The monoisotopic (exact) mass is 359 g/mol. The van der Waals surface area contributed by atoms with E-state index in [9.17, 15) is 4.79 Å². The fraction of sp³-hybridized carbons (Fsp3) is 0.588. The molecule has 0 aliphatic carbocycles. The van der Waals surface area contributed by atoms with Crippen LogP contribution in [0.1, 0.15) is 24.8 Å². The molecule has 2 fully saturated rings. The molecule has 2 N–H and O–H groups in total. The molecular weight excluding hydrogens is 333 g/mol. The summed E-state index contributed by atoms with van der Waals surface area (Å²) in [5, 5.41) is 0. The first-order chi connectivity index (χ1) is 10.2. The Balaban J connectivity index is 0.00000132. The number of carbonyl (C=O) groups is 1.